The first-order valence-electron chi connectivity index (χ1n) is 8.52. The zero-order valence-electron chi connectivity index (χ0n) is 14.3. The highest BCUT2D eigenvalue weighted by Crippen LogP contribution is 2.28. The number of aryl methyl sites for hydroxylation is 1. The fourth-order valence-electron chi connectivity index (χ4n) is 3.14. The van der Waals surface area contributed by atoms with Gasteiger partial charge in [-0.1, -0.05) is 6.07 Å². The van der Waals surface area contributed by atoms with Gasteiger partial charge in [0, 0.05) is 35.6 Å². The van der Waals surface area contributed by atoms with Crippen molar-refractivity contribution >= 4 is 17.3 Å². The van der Waals surface area contributed by atoms with Gasteiger partial charge in [-0.25, -0.2) is 0 Å². The van der Waals surface area contributed by atoms with Crippen molar-refractivity contribution in [2.24, 2.45) is 0 Å². The number of carbonyl (C=O) groups excluding carboxylic acids is 1. The molecule has 4 nitrogen and oxygen atoms in total. The summed E-state index contributed by atoms with van der Waals surface area (Å²) in [5, 5.41) is 12.9. The van der Waals surface area contributed by atoms with Crippen LogP contribution in [0, 0.1) is 13.8 Å². The molecule has 0 saturated carbocycles. The SMILES string of the molecule is Cc1ccc(NC(=O)c2ccc(N3CCCCC3)cc2)c(C)c1O. The Morgan fingerprint density at radius 3 is 2.33 bits per heavy atom. The number of amides is 1. The van der Waals surface area contributed by atoms with Crippen molar-refractivity contribution in [3.63, 3.8) is 0 Å². The monoisotopic (exact) mass is 324 g/mol. The maximum absolute atomic E-state index is 12.4. The second kappa shape index (κ2) is 6.95. The van der Waals surface area contributed by atoms with E-state index >= 15 is 0 Å². The van der Waals surface area contributed by atoms with Crippen molar-refractivity contribution in [2.45, 2.75) is 33.1 Å². The number of benzene rings is 2. The van der Waals surface area contributed by atoms with Crippen molar-refractivity contribution in [1.82, 2.24) is 0 Å². The minimum Gasteiger partial charge on any atom is -0.507 e. The van der Waals surface area contributed by atoms with Gasteiger partial charge in [-0.3, -0.25) is 4.79 Å². The highest BCUT2D eigenvalue weighted by molar-refractivity contribution is 6.05. The number of rotatable bonds is 3. The number of piperidine rings is 1. The molecular weight excluding hydrogens is 300 g/mol. The number of phenols is 1. The van der Waals surface area contributed by atoms with Crippen LogP contribution in [0.1, 0.15) is 40.7 Å². The summed E-state index contributed by atoms with van der Waals surface area (Å²) >= 11 is 0. The molecule has 0 spiro atoms. The fraction of sp³-hybridized carbons (Fsp3) is 0.350. The molecule has 126 valence electrons. The molecule has 0 atom stereocenters. The molecule has 1 aliphatic rings. The Morgan fingerprint density at radius 1 is 1.00 bits per heavy atom. The molecule has 2 N–H and O–H groups in total. The molecule has 0 unspecified atom stereocenters. The maximum atomic E-state index is 12.4. The van der Waals surface area contributed by atoms with Crippen LogP contribution in [0.3, 0.4) is 0 Å². The number of phenolic OH excluding ortho intramolecular Hbond substituents is 1. The van der Waals surface area contributed by atoms with Crippen LogP contribution >= 0.6 is 0 Å². The van der Waals surface area contributed by atoms with E-state index in [1.54, 1.807) is 13.0 Å². The van der Waals surface area contributed by atoms with Crippen LogP contribution in [-0.2, 0) is 0 Å². The molecule has 0 aromatic heterocycles. The molecule has 1 aliphatic heterocycles. The minimum atomic E-state index is -0.161. The van der Waals surface area contributed by atoms with Crippen molar-refractivity contribution in [2.75, 3.05) is 23.3 Å². The van der Waals surface area contributed by atoms with Gasteiger partial charge in [0.2, 0.25) is 0 Å². The summed E-state index contributed by atoms with van der Waals surface area (Å²) in [4.78, 5) is 14.8. The zero-order chi connectivity index (χ0) is 17.1. The van der Waals surface area contributed by atoms with Gasteiger partial charge in [-0.15, -0.1) is 0 Å². The van der Waals surface area contributed by atoms with E-state index < -0.39 is 0 Å². The Hall–Kier alpha value is -2.49. The number of nitrogens with one attached hydrogen (secondary N) is 1. The lowest BCUT2D eigenvalue weighted by atomic mass is 10.1. The van der Waals surface area contributed by atoms with Crippen molar-refractivity contribution in [3.8, 4) is 5.75 Å². The molecule has 3 rings (SSSR count). The number of nitrogens with zero attached hydrogens (tertiary/aromatic N) is 1. The van der Waals surface area contributed by atoms with E-state index in [1.165, 1.54) is 24.9 Å². The number of aromatic hydroxyl groups is 1. The molecule has 1 saturated heterocycles. The summed E-state index contributed by atoms with van der Waals surface area (Å²) in [5.74, 6) is 0.0693. The minimum absolute atomic E-state index is 0.161. The van der Waals surface area contributed by atoms with E-state index in [0.29, 0.717) is 16.8 Å². The summed E-state index contributed by atoms with van der Waals surface area (Å²) < 4.78 is 0. The molecule has 0 aliphatic carbocycles. The van der Waals surface area contributed by atoms with E-state index in [9.17, 15) is 9.90 Å². The van der Waals surface area contributed by atoms with Gasteiger partial charge < -0.3 is 15.3 Å². The lowest BCUT2D eigenvalue weighted by Crippen LogP contribution is -2.29. The van der Waals surface area contributed by atoms with Crippen LogP contribution < -0.4 is 10.2 Å². The summed E-state index contributed by atoms with van der Waals surface area (Å²) in [6, 6.07) is 11.4. The summed E-state index contributed by atoms with van der Waals surface area (Å²) in [6.45, 7) is 5.82. The van der Waals surface area contributed by atoms with E-state index in [2.05, 4.69) is 10.2 Å². The Bertz CT molecular complexity index is 732. The molecule has 2 aromatic carbocycles. The molecule has 2 aromatic rings. The van der Waals surface area contributed by atoms with Gasteiger partial charge in [0.1, 0.15) is 5.75 Å². The number of carbonyl (C=O) groups is 1. The molecule has 24 heavy (non-hydrogen) atoms. The summed E-state index contributed by atoms with van der Waals surface area (Å²) in [7, 11) is 0. The zero-order valence-corrected chi connectivity index (χ0v) is 14.3. The Morgan fingerprint density at radius 2 is 1.67 bits per heavy atom. The quantitative estimate of drug-likeness (QED) is 0.887. The second-order valence-corrected chi connectivity index (χ2v) is 6.45. The van der Waals surface area contributed by atoms with E-state index in [-0.39, 0.29) is 11.7 Å². The first-order valence-corrected chi connectivity index (χ1v) is 8.52. The largest absolute Gasteiger partial charge is 0.507 e. The number of hydrogen-bond donors (Lipinski definition) is 2. The average Bonchev–Trinajstić information content (AvgIpc) is 2.63. The normalized spacial score (nSPS) is 14.5. The van der Waals surface area contributed by atoms with Crippen molar-refractivity contribution in [3.05, 3.63) is 53.1 Å². The highest BCUT2D eigenvalue weighted by Gasteiger charge is 2.13. The smallest absolute Gasteiger partial charge is 0.255 e. The first-order chi connectivity index (χ1) is 11.6. The van der Waals surface area contributed by atoms with Crippen LogP contribution in [-0.4, -0.2) is 24.1 Å². The molecule has 1 amide bonds. The van der Waals surface area contributed by atoms with Gasteiger partial charge in [-0.05, 0) is 69.0 Å². The molecular formula is C20H24N2O2. The van der Waals surface area contributed by atoms with Crippen LogP contribution in [0.4, 0.5) is 11.4 Å². The molecule has 4 heteroatoms. The molecule has 0 bridgehead atoms. The summed E-state index contributed by atoms with van der Waals surface area (Å²) in [6.07, 6.45) is 3.77. The van der Waals surface area contributed by atoms with E-state index in [0.717, 1.165) is 18.7 Å². The average molecular weight is 324 g/mol. The van der Waals surface area contributed by atoms with Gasteiger partial charge in [-0.2, -0.15) is 0 Å². The van der Waals surface area contributed by atoms with Gasteiger partial charge in [0.05, 0.1) is 0 Å². The van der Waals surface area contributed by atoms with Crippen molar-refractivity contribution in [1.29, 1.82) is 0 Å². The van der Waals surface area contributed by atoms with E-state index in [1.807, 2.05) is 37.3 Å². The molecule has 1 fully saturated rings. The number of anilines is 2. The third-order valence-corrected chi connectivity index (χ3v) is 4.73. The Balaban J connectivity index is 1.72. The maximum Gasteiger partial charge on any atom is 0.255 e. The van der Waals surface area contributed by atoms with Gasteiger partial charge >= 0.3 is 0 Å². The van der Waals surface area contributed by atoms with Gasteiger partial charge in [0.25, 0.3) is 5.91 Å². The van der Waals surface area contributed by atoms with Crippen LogP contribution in [0.5, 0.6) is 5.75 Å². The third kappa shape index (κ3) is 3.37. The summed E-state index contributed by atoms with van der Waals surface area (Å²) in [5.41, 5.74) is 3.93. The standard InChI is InChI=1S/C20H24N2O2/c1-14-6-11-18(15(2)19(14)23)21-20(24)16-7-9-17(10-8-16)22-12-4-3-5-13-22/h6-11,23H,3-5,12-13H2,1-2H3,(H,21,24). The molecule has 1 heterocycles. The van der Waals surface area contributed by atoms with E-state index in [4.69, 9.17) is 0 Å². The van der Waals surface area contributed by atoms with Crippen LogP contribution in [0.25, 0.3) is 0 Å². The molecule has 0 radical (unpaired) electrons. The third-order valence-electron chi connectivity index (χ3n) is 4.73. The first kappa shape index (κ1) is 16.4. The predicted molar refractivity (Wildman–Crippen MR) is 98.0 cm³/mol. The Labute approximate surface area is 143 Å². The highest BCUT2D eigenvalue weighted by atomic mass is 16.3. The van der Waals surface area contributed by atoms with Crippen LogP contribution in [0.2, 0.25) is 0 Å². The lowest BCUT2D eigenvalue weighted by molar-refractivity contribution is 0.102. The van der Waals surface area contributed by atoms with Crippen molar-refractivity contribution < 1.29 is 9.90 Å². The fourth-order valence-corrected chi connectivity index (χ4v) is 3.14. The number of hydrogen-bond acceptors (Lipinski definition) is 3. The topological polar surface area (TPSA) is 52.6 Å². The lowest BCUT2D eigenvalue weighted by Gasteiger charge is -2.28. The van der Waals surface area contributed by atoms with Crippen LogP contribution in [0.15, 0.2) is 36.4 Å². The second-order valence-electron chi connectivity index (χ2n) is 6.45. The predicted octanol–water partition coefficient (Wildman–Crippen LogP) is 4.25. The Kier molecular flexibility index (Phi) is 4.74. The van der Waals surface area contributed by atoms with Gasteiger partial charge in [0.15, 0.2) is 0 Å².